The standard InChI is InChI=1S/C13H18BrClN2O3/c1-8(5-13(2,3)17-12(18)19)7-20-11-10(15)4-9(14)6-16-11/h4,6,8,17H,5,7H2,1-3H3,(H,18,19)/t8-/m0/s1. The predicted molar refractivity (Wildman–Crippen MR) is 81.5 cm³/mol. The van der Waals surface area contributed by atoms with Gasteiger partial charge in [0.25, 0.3) is 0 Å². The van der Waals surface area contributed by atoms with Crippen LogP contribution in [0.1, 0.15) is 27.2 Å². The number of carbonyl (C=O) groups is 1. The molecule has 0 saturated carbocycles. The largest absolute Gasteiger partial charge is 0.476 e. The summed E-state index contributed by atoms with van der Waals surface area (Å²) < 4.78 is 6.35. The molecule has 2 N–H and O–H groups in total. The summed E-state index contributed by atoms with van der Waals surface area (Å²) in [7, 11) is 0. The molecule has 1 aromatic rings. The second kappa shape index (κ2) is 7.13. The highest BCUT2D eigenvalue weighted by Gasteiger charge is 2.23. The number of ether oxygens (including phenoxy) is 1. The number of hydrogen-bond acceptors (Lipinski definition) is 3. The highest BCUT2D eigenvalue weighted by molar-refractivity contribution is 9.10. The highest BCUT2D eigenvalue weighted by atomic mass is 79.9. The summed E-state index contributed by atoms with van der Waals surface area (Å²) in [5, 5.41) is 11.7. The van der Waals surface area contributed by atoms with Gasteiger partial charge in [0.1, 0.15) is 5.02 Å². The van der Waals surface area contributed by atoms with Crippen molar-refractivity contribution < 1.29 is 14.6 Å². The van der Waals surface area contributed by atoms with Gasteiger partial charge in [0.2, 0.25) is 5.88 Å². The van der Waals surface area contributed by atoms with Crippen LogP contribution in [0.2, 0.25) is 5.02 Å². The number of nitrogens with one attached hydrogen (secondary N) is 1. The molecule has 1 heterocycles. The second-order valence-corrected chi connectivity index (χ2v) is 6.70. The number of pyridine rings is 1. The monoisotopic (exact) mass is 364 g/mol. The molecule has 0 aliphatic rings. The first-order valence-electron chi connectivity index (χ1n) is 6.14. The molecule has 0 bridgehead atoms. The van der Waals surface area contributed by atoms with Crippen LogP contribution in [0.15, 0.2) is 16.7 Å². The summed E-state index contributed by atoms with van der Waals surface area (Å²) >= 11 is 9.28. The molecule has 112 valence electrons. The fourth-order valence-corrected chi connectivity index (χ4v) is 2.68. The molecule has 0 aliphatic carbocycles. The quantitative estimate of drug-likeness (QED) is 0.800. The number of aromatic nitrogens is 1. The Hall–Kier alpha value is -1.01. The Morgan fingerprint density at radius 1 is 1.65 bits per heavy atom. The van der Waals surface area contributed by atoms with Gasteiger partial charge >= 0.3 is 6.09 Å². The molecule has 0 aromatic carbocycles. The lowest BCUT2D eigenvalue weighted by Gasteiger charge is -2.27. The van der Waals surface area contributed by atoms with E-state index >= 15 is 0 Å². The topological polar surface area (TPSA) is 71.5 Å². The Balaban J connectivity index is 2.50. The highest BCUT2D eigenvalue weighted by Crippen LogP contribution is 2.26. The van der Waals surface area contributed by atoms with E-state index in [1.54, 1.807) is 12.3 Å². The smallest absolute Gasteiger partial charge is 0.405 e. The molecule has 0 aliphatic heterocycles. The number of carboxylic acid groups (broad SMARTS) is 1. The molecule has 5 nitrogen and oxygen atoms in total. The third-order valence-corrected chi connectivity index (χ3v) is 3.29. The minimum Gasteiger partial charge on any atom is -0.476 e. The van der Waals surface area contributed by atoms with Gasteiger partial charge in [-0.25, -0.2) is 9.78 Å². The Kier molecular flexibility index (Phi) is 6.07. The lowest BCUT2D eigenvalue weighted by Crippen LogP contribution is -2.44. The molecule has 0 unspecified atom stereocenters. The van der Waals surface area contributed by atoms with Gasteiger partial charge in [0, 0.05) is 16.2 Å². The minimum absolute atomic E-state index is 0.151. The van der Waals surface area contributed by atoms with E-state index in [9.17, 15) is 4.79 Å². The average Bonchev–Trinajstić information content (AvgIpc) is 2.24. The van der Waals surface area contributed by atoms with Gasteiger partial charge < -0.3 is 15.2 Å². The van der Waals surface area contributed by atoms with Gasteiger partial charge in [0.15, 0.2) is 0 Å². The Morgan fingerprint density at radius 2 is 2.30 bits per heavy atom. The summed E-state index contributed by atoms with van der Waals surface area (Å²) in [5.41, 5.74) is -0.508. The van der Waals surface area contributed by atoms with Crippen LogP contribution in [0.3, 0.4) is 0 Å². The van der Waals surface area contributed by atoms with Crippen LogP contribution in [0.25, 0.3) is 0 Å². The van der Waals surface area contributed by atoms with E-state index in [1.165, 1.54) is 0 Å². The van der Waals surface area contributed by atoms with Crippen LogP contribution in [-0.2, 0) is 0 Å². The zero-order valence-corrected chi connectivity index (χ0v) is 14.0. The molecule has 0 fully saturated rings. The van der Waals surface area contributed by atoms with Crippen molar-refractivity contribution in [3.63, 3.8) is 0 Å². The Labute approximate surface area is 131 Å². The SMILES string of the molecule is C[C@H](COc1ncc(Br)cc1Cl)CC(C)(C)NC(=O)O. The van der Waals surface area contributed by atoms with Crippen LogP contribution >= 0.6 is 27.5 Å². The first-order chi connectivity index (χ1) is 9.19. The van der Waals surface area contributed by atoms with Crippen LogP contribution in [0.5, 0.6) is 5.88 Å². The van der Waals surface area contributed by atoms with E-state index in [0.717, 1.165) is 4.47 Å². The summed E-state index contributed by atoms with van der Waals surface area (Å²) in [6, 6.07) is 1.71. The summed E-state index contributed by atoms with van der Waals surface area (Å²) in [6.07, 6.45) is 1.23. The second-order valence-electron chi connectivity index (χ2n) is 5.37. The number of halogens is 2. The van der Waals surface area contributed by atoms with E-state index in [0.29, 0.717) is 23.9 Å². The van der Waals surface area contributed by atoms with Crippen molar-refractivity contribution in [1.29, 1.82) is 0 Å². The predicted octanol–water partition coefficient (Wildman–Crippen LogP) is 3.95. The Morgan fingerprint density at radius 3 is 2.85 bits per heavy atom. The summed E-state index contributed by atoms with van der Waals surface area (Å²) in [4.78, 5) is 14.8. The minimum atomic E-state index is -1.03. The van der Waals surface area contributed by atoms with Gasteiger partial charge in [-0.1, -0.05) is 18.5 Å². The molecule has 20 heavy (non-hydrogen) atoms. The zero-order valence-electron chi connectivity index (χ0n) is 11.6. The molecule has 1 rings (SSSR count). The fourth-order valence-electron chi connectivity index (χ4n) is 2.00. The van der Waals surface area contributed by atoms with E-state index < -0.39 is 11.6 Å². The van der Waals surface area contributed by atoms with Crippen molar-refractivity contribution in [2.24, 2.45) is 5.92 Å². The molecule has 7 heteroatoms. The summed E-state index contributed by atoms with van der Waals surface area (Å²) in [5.74, 6) is 0.532. The fraction of sp³-hybridized carbons (Fsp3) is 0.538. The molecular weight excluding hydrogens is 348 g/mol. The van der Waals surface area contributed by atoms with E-state index in [-0.39, 0.29) is 5.92 Å². The van der Waals surface area contributed by atoms with Crippen LogP contribution in [0.4, 0.5) is 4.79 Å². The van der Waals surface area contributed by atoms with E-state index in [2.05, 4.69) is 26.2 Å². The van der Waals surface area contributed by atoms with Gasteiger partial charge in [-0.3, -0.25) is 0 Å². The van der Waals surface area contributed by atoms with Gasteiger partial charge in [-0.05, 0) is 48.2 Å². The summed E-state index contributed by atoms with van der Waals surface area (Å²) in [6.45, 7) is 6.07. The van der Waals surface area contributed by atoms with Gasteiger partial charge in [-0.2, -0.15) is 0 Å². The number of nitrogens with zero attached hydrogens (tertiary/aromatic N) is 1. The van der Waals surface area contributed by atoms with Crippen LogP contribution < -0.4 is 10.1 Å². The van der Waals surface area contributed by atoms with E-state index in [4.69, 9.17) is 21.4 Å². The molecule has 0 radical (unpaired) electrons. The number of amides is 1. The zero-order chi connectivity index (χ0) is 15.3. The van der Waals surface area contributed by atoms with Crippen molar-refractivity contribution in [2.45, 2.75) is 32.7 Å². The maximum atomic E-state index is 10.7. The maximum Gasteiger partial charge on any atom is 0.405 e. The first-order valence-corrected chi connectivity index (χ1v) is 7.31. The van der Waals surface area contributed by atoms with Crippen molar-refractivity contribution in [1.82, 2.24) is 10.3 Å². The Bertz CT molecular complexity index is 483. The first kappa shape index (κ1) is 17.0. The van der Waals surface area contributed by atoms with Crippen molar-refractivity contribution >= 4 is 33.6 Å². The van der Waals surface area contributed by atoms with Crippen molar-refractivity contribution in [3.05, 3.63) is 21.8 Å². The molecule has 0 saturated heterocycles. The third kappa shape index (κ3) is 5.96. The molecule has 0 spiro atoms. The molecule has 1 amide bonds. The van der Waals surface area contributed by atoms with Crippen LogP contribution in [0, 0.1) is 5.92 Å². The van der Waals surface area contributed by atoms with Crippen molar-refractivity contribution in [2.75, 3.05) is 6.61 Å². The van der Waals surface area contributed by atoms with Crippen molar-refractivity contribution in [3.8, 4) is 5.88 Å². The molecule has 1 atom stereocenters. The normalized spacial score (nSPS) is 12.8. The van der Waals surface area contributed by atoms with Gasteiger partial charge in [-0.15, -0.1) is 0 Å². The maximum absolute atomic E-state index is 10.7. The lowest BCUT2D eigenvalue weighted by molar-refractivity contribution is 0.168. The third-order valence-electron chi connectivity index (χ3n) is 2.58. The van der Waals surface area contributed by atoms with E-state index in [1.807, 2.05) is 20.8 Å². The lowest BCUT2D eigenvalue weighted by atomic mass is 9.92. The molecule has 1 aromatic heterocycles. The average molecular weight is 366 g/mol. The number of hydrogen-bond donors (Lipinski definition) is 2. The number of rotatable bonds is 6. The van der Waals surface area contributed by atoms with Crippen LogP contribution in [-0.4, -0.2) is 28.3 Å². The molecular formula is C13H18BrClN2O3. The van der Waals surface area contributed by atoms with Gasteiger partial charge in [0.05, 0.1) is 6.61 Å².